The maximum Gasteiger partial charge on any atom is 0.339 e. The van der Waals surface area contributed by atoms with Gasteiger partial charge in [-0.2, -0.15) is 0 Å². The second kappa shape index (κ2) is 6.11. The third-order valence-electron chi connectivity index (χ3n) is 3.58. The van der Waals surface area contributed by atoms with Crippen LogP contribution in [0.25, 0.3) is 0 Å². The zero-order valence-corrected chi connectivity index (χ0v) is 12.1. The van der Waals surface area contributed by atoms with Crippen molar-refractivity contribution in [1.29, 1.82) is 0 Å². The van der Waals surface area contributed by atoms with E-state index in [0.717, 1.165) is 5.56 Å². The third kappa shape index (κ3) is 3.32. The van der Waals surface area contributed by atoms with Gasteiger partial charge in [-0.05, 0) is 25.5 Å². The van der Waals surface area contributed by atoms with E-state index >= 15 is 0 Å². The molecule has 0 bridgehead atoms. The highest BCUT2D eigenvalue weighted by atomic mass is 16.4. The molecule has 0 aliphatic heterocycles. The van der Waals surface area contributed by atoms with Crippen molar-refractivity contribution >= 4 is 5.97 Å². The van der Waals surface area contributed by atoms with Crippen LogP contribution in [0.3, 0.4) is 0 Å². The lowest BCUT2D eigenvalue weighted by Crippen LogP contribution is -2.42. The fraction of sp³-hybridized carbons (Fsp3) is 0.312. The molecule has 0 saturated heterocycles. The fourth-order valence-corrected chi connectivity index (χ4v) is 2.18. The molecule has 2 rings (SSSR count). The molecule has 1 unspecified atom stereocenters. The first-order valence-corrected chi connectivity index (χ1v) is 6.70. The number of aliphatic hydroxyl groups is 1. The van der Waals surface area contributed by atoms with Gasteiger partial charge in [0.15, 0.2) is 0 Å². The van der Waals surface area contributed by atoms with Crippen molar-refractivity contribution in [3.63, 3.8) is 0 Å². The topological polar surface area (TPSA) is 82.7 Å². The van der Waals surface area contributed by atoms with E-state index in [2.05, 4.69) is 5.32 Å². The highest BCUT2D eigenvalue weighted by Crippen LogP contribution is 2.21. The molecule has 1 heterocycles. The number of hydrogen-bond acceptors (Lipinski definition) is 4. The summed E-state index contributed by atoms with van der Waals surface area (Å²) in [6, 6.07) is 11.1. The second-order valence-corrected chi connectivity index (χ2v) is 5.20. The quantitative estimate of drug-likeness (QED) is 0.760. The van der Waals surface area contributed by atoms with Gasteiger partial charge in [-0.3, -0.25) is 5.32 Å². The van der Waals surface area contributed by atoms with E-state index in [4.69, 9.17) is 9.52 Å². The summed E-state index contributed by atoms with van der Waals surface area (Å²) in [7, 11) is 0. The smallest absolute Gasteiger partial charge is 0.339 e. The molecular formula is C16H19NO4. The number of rotatable bonds is 6. The van der Waals surface area contributed by atoms with Crippen LogP contribution in [0.2, 0.25) is 0 Å². The summed E-state index contributed by atoms with van der Waals surface area (Å²) < 4.78 is 5.43. The van der Waals surface area contributed by atoms with Crippen LogP contribution >= 0.6 is 0 Å². The number of furan rings is 1. The van der Waals surface area contributed by atoms with Crippen LogP contribution in [0.1, 0.15) is 34.4 Å². The van der Waals surface area contributed by atoms with Crippen molar-refractivity contribution in [2.75, 3.05) is 6.61 Å². The number of aromatic carboxylic acids is 1. The Labute approximate surface area is 123 Å². The van der Waals surface area contributed by atoms with Crippen LogP contribution < -0.4 is 5.32 Å². The molecule has 0 fully saturated rings. The molecule has 112 valence electrons. The van der Waals surface area contributed by atoms with Gasteiger partial charge in [0, 0.05) is 0 Å². The van der Waals surface area contributed by atoms with E-state index in [-0.39, 0.29) is 12.2 Å². The average molecular weight is 289 g/mol. The lowest BCUT2D eigenvalue weighted by molar-refractivity contribution is 0.0695. The predicted octanol–water partition coefficient (Wildman–Crippen LogP) is 2.28. The van der Waals surface area contributed by atoms with E-state index in [1.807, 2.05) is 37.3 Å². The minimum absolute atomic E-state index is 0.0809. The number of carboxylic acid groups (broad SMARTS) is 1. The van der Waals surface area contributed by atoms with E-state index in [9.17, 15) is 9.90 Å². The summed E-state index contributed by atoms with van der Waals surface area (Å²) in [4.78, 5) is 11.0. The largest absolute Gasteiger partial charge is 0.478 e. The van der Waals surface area contributed by atoms with Crippen molar-refractivity contribution in [2.45, 2.75) is 25.9 Å². The normalized spacial score (nSPS) is 13.9. The van der Waals surface area contributed by atoms with Crippen molar-refractivity contribution in [3.8, 4) is 0 Å². The summed E-state index contributed by atoms with van der Waals surface area (Å²) in [6.07, 6.45) is 0. The summed E-state index contributed by atoms with van der Waals surface area (Å²) in [6.45, 7) is 3.76. The minimum atomic E-state index is -1.00. The van der Waals surface area contributed by atoms with Gasteiger partial charge in [0.05, 0.1) is 18.7 Å². The SMILES string of the molecule is Cc1oc(CNC(C)(CO)c2ccccc2)cc1C(=O)O. The average Bonchev–Trinajstić information content (AvgIpc) is 2.87. The first kappa shape index (κ1) is 15.3. The van der Waals surface area contributed by atoms with Crippen LogP contribution in [-0.2, 0) is 12.1 Å². The fourth-order valence-electron chi connectivity index (χ4n) is 2.18. The standard InChI is InChI=1S/C16H19NO4/c1-11-14(15(19)20)8-13(21-11)9-17-16(2,10-18)12-6-4-3-5-7-12/h3-8,17-18H,9-10H2,1-2H3,(H,19,20). The van der Waals surface area contributed by atoms with Crippen molar-refractivity contribution < 1.29 is 19.4 Å². The predicted molar refractivity (Wildman–Crippen MR) is 78.1 cm³/mol. The Balaban J connectivity index is 2.14. The van der Waals surface area contributed by atoms with Gasteiger partial charge in [0.2, 0.25) is 0 Å². The second-order valence-electron chi connectivity index (χ2n) is 5.20. The highest BCUT2D eigenvalue weighted by Gasteiger charge is 2.25. The number of aryl methyl sites for hydroxylation is 1. The minimum Gasteiger partial charge on any atom is -0.478 e. The van der Waals surface area contributed by atoms with Gasteiger partial charge in [-0.15, -0.1) is 0 Å². The van der Waals surface area contributed by atoms with Gasteiger partial charge in [0.25, 0.3) is 0 Å². The zero-order chi connectivity index (χ0) is 15.5. The van der Waals surface area contributed by atoms with Gasteiger partial charge in [0.1, 0.15) is 17.1 Å². The summed E-state index contributed by atoms with van der Waals surface area (Å²) in [5, 5.41) is 21.9. The van der Waals surface area contributed by atoms with E-state index in [0.29, 0.717) is 18.1 Å². The lowest BCUT2D eigenvalue weighted by Gasteiger charge is -2.29. The van der Waals surface area contributed by atoms with Gasteiger partial charge >= 0.3 is 5.97 Å². The molecule has 1 aromatic carbocycles. The summed E-state index contributed by atoms with van der Waals surface area (Å²) >= 11 is 0. The Bertz CT molecular complexity index is 620. The maximum absolute atomic E-state index is 11.0. The van der Waals surface area contributed by atoms with E-state index < -0.39 is 11.5 Å². The van der Waals surface area contributed by atoms with Crippen LogP contribution in [0.5, 0.6) is 0 Å². The number of carbonyl (C=O) groups is 1. The van der Waals surface area contributed by atoms with Crippen LogP contribution in [0.4, 0.5) is 0 Å². The molecule has 1 atom stereocenters. The molecule has 0 spiro atoms. The Hall–Kier alpha value is -2.11. The van der Waals surface area contributed by atoms with Gasteiger partial charge in [-0.25, -0.2) is 4.79 Å². The molecule has 0 saturated carbocycles. The number of hydrogen-bond donors (Lipinski definition) is 3. The first-order chi connectivity index (χ1) is 9.96. The molecule has 5 heteroatoms. The van der Waals surface area contributed by atoms with Crippen molar-refractivity contribution in [1.82, 2.24) is 5.32 Å². The molecule has 0 radical (unpaired) electrons. The molecule has 21 heavy (non-hydrogen) atoms. The van der Waals surface area contributed by atoms with E-state index in [1.54, 1.807) is 6.92 Å². The Morgan fingerprint density at radius 1 is 1.33 bits per heavy atom. The Morgan fingerprint density at radius 3 is 2.52 bits per heavy atom. The monoisotopic (exact) mass is 289 g/mol. The molecule has 0 amide bonds. The number of aliphatic hydroxyl groups excluding tert-OH is 1. The van der Waals surface area contributed by atoms with Crippen molar-refractivity contribution in [3.05, 3.63) is 59.0 Å². The summed E-state index contributed by atoms with van der Waals surface area (Å²) in [5.74, 6) is -0.0966. The zero-order valence-electron chi connectivity index (χ0n) is 12.1. The molecular weight excluding hydrogens is 270 g/mol. The van der Waals surface area contributed by atoms with Crippen LogP contribution in [-0.4, -0.2) is 22.8 Å². The number of nitrogens with one attached hydrogen (secondary N) is 1. The van der Waals surface area contributed by atoms with E-state index in [1.165, 1.54) is 6.07 Å². The number of carboxylic acids is 1. The maximum atomic E-state index is 11.0. The molecule has 0 aliphatic carbocycles. The molecule has 2 aromatic rings. The third-order valence-corrected chi connectivity index (χ3v) is 3.58. The van der Waals surface area contributed by atoms with Crippen LogP contribution in [0, 0.1) is 6.92 Å². The van der Waals surface area contributed by atoms with Crippen LogP contribution in [0.15, 0.2) is 40.8 Å². The Morgan fingerprint density at radius 2 is 2.00 bits per heavy atom. The summed E-state index contributed by atoms with van der Waals surface area (Å²) in [5.41, 5.74) is 0.497. The van der Waals surface area contributed by atoms with Gasteiger partial charge < -0.3 is 14.6 Å². The molecule has 3 N–H and O–H groups in total. The van der Waals surface area contributed by atoms with Crippen molar-refractivity contribution in [2.24, 2.45) is 0 Å². The lowest BCUT2D eigenvalue weighted by atomic mass is 9.93. The molecule has 5 nitrogen and oxygen atoms in total. The molecule has 0 aliphatic rings. The molecule has 1 aromatic heterocycles. The van der Waals surface area contributed by atoms with Gasteiger partial charge in [-0.1, -0.05) is 30.3 Å². The highest BCUT2D eigenvalue weighted by molar-refractivity contribution is 5.88. The Kier molecular flexibility index (Phi) is 4.45. The first-order valence-electron chi connectivity index (χ1n) is 6.70. The number of benzene rings is 1.